The average Bonchev–Trinajstić information content (AvgIpc) is 3.02. The summed E-state index contributed by atoms with van der Waals surface area (Å²) in [5.41, 5.74) is 0.577. The monoisotopic (exact) mass is 404 g/mol. The van der Waals surface area contributed by atoms with Crippen molar-refractivity contribution < 1.29 is 9.90 Å². The van der Waals surface area contributed by atoms with E-state index in [0.717, 1.165) is 35.5 Å². The first-order chi connectivity index (χ1) is 12.9. The first-order valence-electron chi connectivity index (χ1n) is 9.99. The van der Waals surface area contributed by atoms with Crippen molar-refractivity contribution in [1.29, 1.82) is 0 Å². The number of pyridine rings is 1. The number of carbonyl (C=O) groups excluding carboxylic acids is 1. The van der Waals surface area contributed by atoms with Gasteiger partial charge in [-0.2, -0.15) is 4.98 Å². The number of hydrogen-bond donors (Lipinski definition) is 2. The summed E-state index contributed by atoms with van der Waals surface area (Å²) < 4.78 is 0.921. The lowest BCUT2D eigenvalue weighted by molar-refractivity contribution is -0.00257. The van der Waals surface area contributed by atoms with Gasteiger partial charge >= 0.3 is 0 Å². The Labute approximate surface area is 171 Å². The standard InChI is InChI=1S/C21H32N4O2S/c1-20(2,3)25(6)19-24-17-16(28-19)11-13(12-22-17)18(26)23-15-9-7-14(8-10-15)21(4,5)27/h11-12,14-15,27H,7-10H2,1-6H3,(H,23,26). The molecular weight excluding hydrogens is 372 g/mol. The Kier molecular flexibility index (Phi) is 5.69. The van der Waals surface area contributed by atoms with Gasteiger partial charge in [0.15, 0.2) is 10.8 Å². The number of hydrogen-bond acceptors (Lipinski definition) is 6. The molecule has 0 bridgehead atoms. The summed E-state index contributed by atoms with van der Waals surface area (Å²) in [6, 6.07) is 2.04. The van der Waals surface area contributed by atoms with Gasteiger partial charge in [0.2, 0.25) is 0 Å². The lowest BCUT2D eigenvalue weighted by Crippen LogP contribution is -2.41. The molecule has 0 saturated heterocycles. The predicted molar refractivity (Wildman–Crippen MR) is 115 cm³/mol. The van der Waals surface area contributed by atoms with Crippen molar-refractivity contribution in [2.75, 3.05) is 11.9 Å². The van der Waals surface area contributed by atoms with Crippen LogP contribution in [-0.2, 0) is 0 Å². The third-order valence-electron chi connectivity index (χ3n) is 5.85. The van der Waals surface area contributed by atoms with Crippen LogP contribution >= 0.6 is 11.3 Å². The van der Waals surface area contributed by atoms with Gasteiger partial charge in [0.1, 0.15) is 0 Å². The number of amides is 1. The summed E-state index contributed by atoms with van der Waals surface area (Å²) in [6.45, 7) is 10.2. The molecule has 2 aromatic heterocycles. The fourth-order valence-electron chi connectivity index (χ4n) is 3.58. The maximum Gasteiger partial charge on any atom is 0.253 e. The summed E-state index contributed by atoms with van der Waals surface area (Å²) in [5.74, 6) is 0.217. The minimum Gasteiger partial charge on any atom is -0.390 e. The number of thiazole rings is 1. The van der Waals surface area contributed by atoms with Gasteiger partial charge in [-0.05, 0) is 72.3 Å². The van der Waals surface area contributed by atoms with Crippen molar-refractivity contribution in [3.63, 3.8) is 0 Å². The molecule has 0 aromatic carbocycles. The second-order valence-electron chi connectivity index (χ2n) is 9.45. The van der Waals surface area contributed by atoms with Crippen LogP contribution in [0, 0.1) is 5.92 Å². The molecule has 28 heavy (non-hydrogen) atoms. The molecule has 1 saturated carbocycles. The molecule has 3 rings (SSSR count). The lowest BCUT2D eigenvalue weighted by atomic mass is 9.77. The molecule has 0 atom stereocenters. The van der Waals surface area contributed by atoms with Gasteiger partial charge < -0.3 is 15.3 Å². The molecule has 1 amide bonds. The third kappa shape index (κ3) is 4.63. The van der Waals surface area contributed by atoms with Gasteiger partial charge in [0.05, 0.1) is 15.9 Å². The summed E-state index contributed by atoms with van der Waals surface area (Å²) in [7, 11) is 2.02. The van der Waals surface area contributed by atoms with Crippen molar-refractivity contribution >= 4 is 32.7 Å². The number of carbonyl (C=O) groups is 1. The summed E-state index contributed by atoms with van der Waals surface area (Å²) in [5, 5.41) is 14.2. The minimum atomic E-state index is -0.645. The Morgan fingerprint density at radius 2 is 1.86 bits per heavy atom. The first-order valence-corrected chi connectivity index (χ1v) is 10.8. The van der Waals surface area contributed by atoms with Crippen LogP contribution in [0.25, 0.3) is 10.3 Å². The Bertz CT molecular complexity index is 842. The number of anilines is 1. The van der Waals surface area contributed by atoms with E-state index in [9.17, 15) is 9.90 Å². The van der Waals surface area contributed by atoms with Gasteiger partial charge in [-0.1, -0.05) is 11.3 Å². The van der Waals surface area contributed by atoms with Crippen LogP contribution in [0.3, 0.4) is 0 Å². The van der Waals surface area contributed by atoms with Crippen molar-refractivity contribution in [3.8, 4) is 0 Å². The highest BCUT2D eigenvalue weighted by atomic mass is 32.1. The van der Waals surface area contributed by atoms with E-state index in [1.807, 2.05) is 27.0 Å². The van der Waals surface area contributed by atoms with Crippen LogP contribution in [0.4, 0.5) is 5.13 Å². The van der Waals surface area contributed by atoms with Crippen molar-refractivity contribution in [2.45, 2.75) is 77.5 Å². The lowest BCUT2D eigenvalue weighted by Gasteiger charge is -2.36. The molecule has 0 aliphatic heterocycles. The summed E-state index contributed by atoms with van der Waals surface area (Å²) in [6.07, 6.45) is 5.28. The molecule has 2 aromatic rings. The second kappa shape index (κ2) is 7.59. The fraction of sp³-hybridized carbons (Fsp3) is 0.667. The number of aliphatic hydroxyl groups is 1. The van der Waals surface area contributed by atoms with Gasteiger partial charge in [-0.15, -0.1) is 0 Å². The molecule has 0 unspecified atom stereocenters. The van der Waals surface area contributed by atoms with Crippen LogP contribution < -0.4 is 10.2 Å². The number of nitrogens with one attached hydrogen (secondary N) is 1. The molecule has 7 heteroatoms. The van der Waals surface area contributed by atoms with Crippen molar-refractivity contribution in [3.05, 3.63) is 17.8 Å². The normalized spacial score (nSPS) is 21.0. The van der Waals surface area contributed by atoms with E-state index in [1.54, 1.807) is 17.5 Å². The third-order valence-corrected chi connectivity index (χ3v) is 6.92. The Hall–Kier alpha value is -1.73. The number of aromatic nitrogens is 2. The molecule has 1 aliphatic rings. The number of fused-ring (bicyclic) bond motifs is 1. The predicted octanol–water partition coefficient (Wildman–Crippen LogP) is 3.99. The van der Waals surface area contributed by atoms with E-state index in [-0.39, 0.29) is 17.5 Å². The van der Waals surface area contributed by atoms with Gasteiger partial charge in [0, 0.05) is 24.8 Å². The van der Waals surface area contributed by atoms with E-state index >= 15 is 0 Å². The molecule has 1 fully saturated rings. The SMILES string of the molecule is CN(c1nc2ncc(C(=O)NC3CCC(C(C)(C)O)CC3)cc2s1)C(C)(C)C. The number of rotatable bonds is 4. The molecule has 0 radical (unpaired) electrons. The highest BCUT2D eigenvalue weighted by Gasteiger charge is 2.32. The fourth-order valence-corrected chi connectivity index (χ4v) is 4.69. The topological polar surface area (TPSA) is 78.4 Å². The molecule has 6 nitrogen and oxygen atoms in total. The quantitative estimate of drug-likeness (QED) is 0.806. The Morgan fingerprint density at radius 1 is 1.21 bits per heavy atom. The van der Waals surface area contributed by atoms with Crippen LogP contribution in [0.5, 0.6) is 0 Å². The van der Waals surface area contributed by atoms with E-state index in [4.69, 9.17) is 0 Å². The molecular formula is C21H32N4O2S. The maximum atomic E-state index is 12.7. The highest BCUT2D eigenvalue weighted by Crippen LogP contribution is 2.33. The Morgan fingerprint density at radius 3 is 2.43 bits per heavy atom. The largest absolute Gasteiger partial charge is 0.390 e. The van der Waals surface area contributed by atoms with Crippen molar-refractivity contribution in [1.82, 2.24) is 15.3 Å². The van der Waals surface area contributed by atoms with Crippen LogP contribution in [0.1, 0.15) is 70.7 Å². The maximum absolute atomic E-state index is 12.7. The molecule has 1 aliphatic carbocycles. The average molecular weight is 405 g/mol. The zero-order valence-electron chi connectivity index (χ0n) is 17.7. The van der Waals surface area contributed by atoms with E-state index < -0.39 is 5.60 Å². The molecule has 154 valence electrons. The van der Waals surface area contributed by atoms with Crippen LogP contribution in [0.2, 0.25) is 0 Å². The van der Waals surface area contributed by atoms with Gasteiger partial charge in [-0.3, -0.25) is 4.79 Å². The van der Waals surface area contributed by atoms with E-state index in [1.165, 1.54) is 0 Å². The second-order valence-corrected chi connectivity index (χ2v) is 10.5. The van der Waals surface area contributed by atoms with E-state index in [2.05, 4.69) is 41.0 Å². The smallest absolute Gasteiger partial charge is 0.253 e. The minimum absolute atomic E-state index is 0.0317. The van der Waals surface area contributed by atoms with Crippen LogP contribution in [-0.4, -0.2) is 45.2 Å². The van der Waals surface area contributed by atoms with Gasteiger partial charge in [0.25, 0.3) is 5.91 Å². The first kappa shape index (κ1) is 21.0. The molecule has 2 heterocycles. The van der Waals surface area contributed by atoms with E-state index in [0.29, 0.717) is 17.1 Å². The van der Waals surface area contributed by atoms with Gasteiger partial charge in [-0.25, -0.2) is 4.98 Å². The summed E-state index contributed by atoms with van der Waals surface area (Å²) >= 11 is 1.56. The zero-order chi connectivity index (χ0) is 20.7. The number of nitrogens with zero attached hydrogens (tertiary/aromatic N) is 3. The summed E-state index contributed by atoms with van der Waals surface area (Å²) in [4.78, 5) is 23.8. The van der Waals surface area contributed by atoms with Crippen molar-refractivity contribution in [2.24, 2.45) is 5.92 Å². The van der Waals surface area contributed by atoms with Crippen LogP contribution in [0.15, 0.2) is 12.3 Å². The zero-order valence-corrected chi connectivity index (χ0v) is 18.6. The Balaban J connectivity index is 1.68. The molecule has 0 spiro atoms. The highest BCUT2D eigenvalue weighted by molar-refractivity contribution is 7.22. The molecule has 2 N–H and O–H groups in total.